The average Bonchev–Trinajstić information content (AvgIpc) is 2.68. The molecular formula is C9H11ClN4O. The van der Waals surface area contributed by atoms with Crippen molar-refractivity contribution in [2.75, 3.05) is 18.5 Å². The highest BCUT2D eigenvalue weighted by atomic mass is 35.5. The van der Waals surface area contributed by atoms with Gasteiger partial charge in [-0.25, -0.2) is 4.98 Å². The summed E-state index contributed by atoms with van der Waals surface area (Å²) in [5, 5.41) is 11.3. The van der Waals surface area contributed by atoms with Gasteiger partial charge in [0.1, 0.15) is 0 Å². The molecule has 0 spiro atoms. The fourth-order valence-electron chi connectivity index (χ4n) is 2.05. The Morgan fingerprint density at radius 1 is 1.33 bits per heavy atom. The number of anilines is 1. The third-order valence-corrected chi connectivity index (χ3v) is 3.40. The molecule has 6 heteroatoms. The molecule has 2 heterocycles. The molecule has 1 N–H and O–H groups in total. The van der Waals surface area contributed by atoms with Crippen LogP contribution in [0.1, 0.15) is 5.69 Å². The zero-order chi connectivity index (χ0) is 10.4. The van der Waals surface area contributed by atoms with Crippen molar-refractivity contribution in [3.63, 3.8) is 0 Å². The van der Waals surface area contributed by atoms with Gasteiger partial charge in [0.05, 0.1) is 18.9 Å². The van der Waals surface area contributed by atoms with Crippen molar-refractivity contribution in [2.24, 2.45) is 11.8 Å². The second-order valence-corrected chi connectivity index (χ2v) is 4.40. The van der Waals surface area contributed by atoms with Crippen molar-refractivity contribution in [3.8, 4) is 0 Å². The summed E-state index contributed by atoms with van der Waals surface area (Å²) < 4.78 is 5.30. The number of aryl methyl sites for hydroxylation is 1. The Morgan fingerprint density at radius 3 is 2.73 bits per heavy atom. The molecule has 0 unspecified atom stereocenters. The summed E-state index contributed by atoms with van der Waals surface area (Å²) >= 11 is 5.74. The van der Waals surface area contributed by atoms with Crippen LogP contribution in [0.25, 0.3) is 0 Å². The first-order valence-electron chi connectivity index (χ1n) is 4.97. The summed E-state index contributed by atoms with van der Waals surface area (Å²) in [6, 6.07) is 0.459. The van der Waals surface area contributed by atoms with Gasteiger partial charge in [0.25, 0.3) is 0 Å². The Bertz CT molecular complexity index is 390. The van der Waals surface area contributed by atoms with Gasteiger partial charge in [-0.05, 0) is 6.92 Å². The fourth-order valence-corrected chi connectivity index (χ4v) is 2.14. The van der Waals surface area contributed by atoms with Crippen LogP contribution in [0, 0.1) is 18.8 Å². The average molecular weight is 227 g/mol. The predicted molar refractivity (Wildman–Crippen MR) is 54.8 cm³/mol. The highest BCUT2D eigenvalue weighted by Crippen LogP contribution is 2.45. The molecule has 0 radical (unpaired) electrons. The summed E-state index contributed by atoms with van der Waals surface area (Å²) in [5.74, 6) is 1.82. The van der Waals surface area contributed by atoms with Gasteiger partial charge in [-0.2, -0.15) is 0 Å². The highest BCUT2D eigenvalue weighted by molar-refractivity contribution is 6.29. The lowest BCUT2D eigenvalue weighted by Crippen LogP contribution is -2.15. The van der Waals surface area contributed by atoms with Crippen LogP contribution in [0.2, 0.25) is 5.15 Å². The van der Waals surface area contributed by atoms with E-state index in [9.17, 15) is 0 Å². The number of nitrogens with zero attached hydrogens (tertiary/aromatic N) is 3. The predicted octanol–water partition coefficient (Wildman–Crippen LogP) is 0.890. The minimum absolute atomic E-state index is 0.361. The van der Waals surface area contributed by atoms with Crippen LogP contribution in [-0.2, 0) is 4.74 Å². The van der Waals surface area contributed by atoms with Gasteiger partial charge >= 0.3 is 0 Å². The summed E-state index contributed by atoms with van der Waals surface area (Å²) in [4.78, 5) is 4.22. The molecule has 5 nitrogen and oxygen atoms in total. The molecule has 2 aliphatic rings. The smallest absolute Gasteiger partial charge is 0.243 e. The Labute approximate surface area is 92.2 Å². The number of ether oxygens (including phenoxy) is 1. The van der Waals surface area contributed by atoms with E-state index in [0.29, 0.717) is 34.7 Å². The standard InChI is InChI=1S/C9H11ClN4O/c1-4-8(10)13-14-9(11-4)12-7-5-2-15-3-6(5)7/h5-7H,2-3H2,1H3,(H,11,12,14)/t5-,6+,7+. The van der Waals surface area contributed by atoms with Crippen molar-refractivity contribution < 1.29 is 4.74 Å². The van der Waals surface area contributed by atoms with E-state index in [2.05, 4.69) is 20.5 Å². The molecule has 80 valence electrons. The lowest BCUT2D eigenvalue weighted by atomic mass is 10.4. The second-order valence-electron chi connectivity index (χ2n) is 4.05. The van der Waals surface area contributed by atoms with E-state index in [-0.39, 0.29) is 0 Å². The molecule has 15 heavy (non-hydrogen) atoms. The quantitative estimate of drug-likeness (QED) is 0.812. The largest absolute Gasteiger partial charge is 0.381 e. The Kier molecular flexibility index (Phi) is 2.03. The number of nitrogens with one attached hydrogen (secondary N) is 1. The number of fused-ring (bicyclic) bond motifs is 1. The summed E-state index contributed by atoms with van der Waals surface area (Å²) in [6.07, 6.45) is 0. The molecule has 0 amide bonds. The van der Waals surface area contributed by atoms with Crippen LogP contribution < -0.4 is 5.32 Å². The maximum Gasteiger partial charge on any atom is 0.243 e. The summed E-state index contributed by atoms with van der Waals surface area (Å²) in [7, 11) is 0. The molecule has 1 aromatic heterocycles. The number of aromatic nitrogens is 3. The lowest BCUT2D eigenvalue weighted by molar-refractivity contribution is 0.162. The van der Waals surface area contributed by atoms with Gasteiger partial charge in [0.15, 0.2) is 5.15 Å². The van der Waals surface area contributed by atoms with Gasteiger partial charge in [0.2, 0.25) is 5.95 Å². The van der Waals surface area contributed by atoms with E-state index in [1.54, 1.807) is 0 Å². The molecule has 3 rings (SSSR count). The third-order valence-electron chi connectivity index (χ3n) is 3.05. The van der Waals surface area contributed by atoms with Gasteiger partial charge in [-0.3, -0.25) is 0 Å². The molecule has 2 fully saturated rings. The lowest BCUT2D eigenvalue weighted by Gasteiger charge is -2.06. The van der Waals surface area contributed by atoms with Crippen LogP contribution in [0.5, 0.6) is 0 Å². The highest BCUT2D eigenvalue weighted by Gasteiger charge is 2.54. The van der Waals surface area contributed by atoms with Crippen molar-refractivity contribution in [2.45, 2.75) is 13.0 Å². The van der Waals surface area contributed by atoms with Crippen molar-refractivity contribution in [1.82, 2.24) is 15.2 Å². The SMILES string of the molecule is Cc1nc(N[C@H]2[C@@H]3COC[C@@H]32)nnc1Cl. The Hall–Kier alpha value is -0.940. The minimum atomic E-state index is 0.361. The number of hydrogen-bond donors (Lipinski definition) is 1. The second kappa shape index (κ2) is 3.28. The van der Waals surface area contributed by atoms with E-state index in [1.807, 2.05) is 6.92 Å². The molecular weight excluding hydrogens is 216 g/mol. The summed E-state index contributed by atoms with van der Waals surface area (Å²) in [6.45, 7) is 3.52. The van der Waals surface area contributed by atoms with E-state index in [0.717, 1.165) is 13.2 Å². The molecule has 3 atom stereocenters. The van der Waals surface area contributed by atoms with Crippen molar-refractivity contribution in [3.05, 3.63) is 10.8 Å². The first-order chi connectivity index (χ1) is 7.25. The summed E-state index contributed by atoms with van der Waals surface area (Å²) in [5.41, 5.74) is 0.705. The maximum atomic E-state index is 5.74. The van der Waals surface area contributed by atoms with Crippen molar-refractivity contribution in [1.29, 1.82) is 0 Å². The zero-order valence-electron chi connectivity index (χ0n) is 8.27. The molecule has 1 saturated carbocycles. The first kappa shape index (κ1) is 9.30. The third kappa shape index (κ3) is 1.55. The van der Waals surface area contributed by atoms with E-state index in [1.165, 1.54) is 0 Å². The van der Waals surface area contributed by atoms with Gasteiger partial charge < -0.3 is 10.1 Å². The van der Waals surface area contributed by atoms with Crippen LogP contribution in [0.4, 0.5) is 5.95 Å². The van der Waals surface area contributed by atoms with Crippen LogP contribution in [0.3, 0.4) is 0 Å². The Balaban J connectivity index is 1.70. The minimum Gasteiger partial charge on any atom is -0.381 e. The zero-order valence-corrected chi connectivity index (χ0v) is 9.03. The number of halogens is 1. The maximum absolute atomic E-state index is 5.74. The molecule has 0 aromatic carbocycles. The number of hydrogen-bond acceptors (Lipinski definition) is 5. The number of rotatable bonds is 2. The molecule has 1 saturated heterocycles. The van der Waals surface area contributed by atoms with Crippen LogP contribution >= 0.6 is 11.6 Å². The van der Waals surface area contributed by atoms with Gasteiger partial charge in [0, 0.05) is 17.9 Å². The van der Waals surface area contributed by atoms with Crippen molar-refractivity contribution >= 4 is 17.5 Å². The molecule has 1 aliphatic heterocycles. The van der Waals surface area contributed by atoms with Crippen LogP contribution in [-0.4, -0.2) is 34.4 Å². The van der Waals surface area contributed by atoms with Gasteiger partial charge in [-0.15, -0.1) is 10.2 Å². The molecule has 1 aliphatic carbocycles. The molecule has 0 bridgehead atoms. The van der Waals surface area contributed by atoms with Gasteiger partial charge in [-0.1, -0.05) is 11.6 Å². The topological polar surface area (TPSA) is 59.9 Å². The van der Waals surface area contributed by atoms with Crippen LogP contribution in [0.15, 0.2) is 0 Å². The fraction of sp³-hybridized carbons (Fsp3) is 0.667. The van der Waals surface area contributed by atoms with E-state index in [4.69, 9.17) is 16.3 Å². The Morgan fingerprint density at radius 2 is 2.07 bits per heavy atom. The van der Waals surface area contributed by atoms with E-state index < -0.39 is 0 Å². The van der Waals surface area contributed by atoms with E-state index >= 15 is 0 Å². The molecule has 1 aromatic rings. The monoisotopic (exact) mass is 226 g/mol. The first-order valence-corrected chi connectivity index (χ1v) is 5.34. The normalized spacial score (nSPS) is 32.5.